The van der Waals surface area contributed by atoms with Crippen LogP contribution in [0.3, 0.4) is 0 Å². The molecule has 0 spiro atoms. The first-order valence-electron chi connectivity index (χ1n) is 6.44. The van der Waals surface area contributed by atoms with Crippen LogP contribution in [0.1, 0.15) is 43.0 Å². The van der Waals surface area contributed by atoms with E-state index in [-0.39, 0.29) is 12.1 Å². The second kappa shape index (κ2) is 5.76. The largest absolute Gasteiger partial charge is 0.493 e. The molecular formula is C14H19NO3. The molecule has 98 valence electrons. The molecule has 18 heavy (non-hydrogen) atoms. The van der Waals surface area contributed by atoms with Gasteiger partial charge >= 0.3 is 5.97 Å². The van der Waals surface area contributed by atoms with Crippen LogP contribution in [-0.4, -0.2) is 18.7 Å². The van der Waals surface area contributed by atoms with Gasteiger partial charge < -0.3 is 15.2 Å². The van der Waals surface area contributed by atoms with Crippen molar-refractivity contribution in [3.8, 4) is 5.75 Å². The maximum atomic E-state index is 12.1. The first-order chi connectivity index (χ1) is 8.72. The third kappa shape index (κ3) is 2.75. The molecule has 0 saturated heterocycles. The van der Waals surface area contributed by atoms with Gasteiger partial charge in [-0.1, -0.05) is 6.07 Å². The molecule has 1 aliphatic carbocycles. The topological polar surface area (TPSA) is 61.5 Å². The van der Waals surface area contributed by atoms with E-state index in [1.807, 2.05) is 6.92 Å². The van der Waals surface area contributed by atoms with E-state index in [2.05, 4.69) is 0 Å². The van der Waals surface area contributed by atoms with Crippen molar-refractivity contribution < 1.29 is 14.3 Å². The van der Waals surface area contributed by atoms with E-state index >= 15 is 0 Å². The third-order valence-electron chi connectivity index (χ3n) is 3.14. The zero-order valence-corrected chi connectivity index (χ0v) is 10.6. The summed E-state index contributed by atoms with van der Waals surface area (Å²) in [4.78, 5) is 12.1. The summed E-state index contributed by atoms with van der Waals surface area (Å²) in [7, 11) is 0. The monoisotopic (exact) mass is 249 g/mol. The Hall–Kier alpha value is -1.71. The molecule has 0 bridgehead atoms. The Bertz CT molecular complexity index is 425. The molecule has 1 aliphatic rings. The Morgan fingerprint density at radius 2 is 2.11 bits per heavy atom. The van der Waals surface area contributed by atoms with Gasteiger partial charge in [-0.3, -0.25) is 0 Å². The minimum Gasteiger partial charge on any atom is -0.493 e. The van der Waals surface area contributed by atoms with Crippen LogP contribution in [0.25, 0.3) is 0 Å². The van der Waals surface area contributed by atoms with Crippen molar-refractivity contribution in [1.29, 1.82) is 0 Å². The smallest absolute Gasteiger partial charge is 0.344 e. The third-order valence-corrected chi connectivity index (χ3v) is 3.14. The van der Waals surface area contributed by atoms with Crippen LogP contribution in [0, 0.1) is 0 Å². The number of nitrogen functional groups attached to an aromatic ring is 1. The molecule has 2 N–H and O–H groups in total. The number of benzene rings is 1. The first-order valence-corrected chi connectivity index (χ1v) is 6.44. The predicted octanol–water partition coefficient (Wildman–Crippen LogP) is 2.77. The number of nitrogens with two attached hydrogens (primary N) is 1. The lowest BCUT2D eigenvalue weighted by atomic mass is 10.1. The van der Waals surface area contributed by atoms with E-state index < -0.39 is 0 Å². The van der Waals surface area contributed by atoms with Gasteiger partial charge in [-0.25, -0.2) is 4.79 Å². The van der Waals surface area contributed by atoms with Gasteiger partial charge in [-0.2, -0.15) is 0 Å². The number of carbonyl (C=O) groups is 1. The van der Waals surface area contributed by atoms with E-state index in [9.17, 15) is 4.79 Å². The van der Waals surface area contributed by atoms with Gasteiger partial charge in [-0.05, 0) is 44.7 Å². The van der Waals surface area contributed by atoms with E-state index in [4.69, 9.17) is 15.2 Å². The van der Waals surface area contributed by atoms with Crippen LogP contribution < -0.4 is 10.5 Å². The van der Waals surface area contributed by atoms with Crippen molar-refractivity contribution >= 4 is 11.7 Å². The quantitative estimate of drug-likeness (QED) is 0.658. The lowest BCUT2D eigenvalue weighted by Crippen LogP contribution is -2.17. The molecule has 0 aliphatic heterocycles. The minimum atomic E-state index is -0.372. The van der Waals surface area contributed by atoms with Crippen molar-refractivity contribution in [3.05, 3.63) is 23.8 Å². The molecule has 4 heteroatoms. The average Bonchev–Trinajstić information content (AvgIpc) is 2.82. The molecule has 0 atom stereocenters. The van der Waals surface area contributed by atoms with E-state index in [1.54, 1.807) is 18.2 Å². The highest BCUT2D eigenvalue weighted by atomic mass is 16.5. The summed E-state index contributed by atoms with van der Waals surface area (Å²) in [5, 5.41) is 0. The number of esters is 1. The summed E-state index contributed by atoms with van der Waals surface area (Å²) in [5.41, 5.74) is 6.61. The lowest BCUT2D eigenvalue weighted by Gasteiger charge is -2.15. The highest BCUT2D eigenvalue weighted by Crippen LogP contribution is 2.28. The molecule has 2 rings (SSSR count). The first kappa shape index (κ1) is 12.7. The van der Waals surface area contributed by atoms with Crippen LogP contribution in [0.5, 0.6) is 5.75 Å². The zero-order valence-electron chi connectivity index (χ0n) is 10.6. The maximum Gasteiger partial charge on any atom is 0.344 e. The van der Waals surface area contributed by atoms with Gasteiger partial charge in [0.2, 0.25) is 0 Å². The van der Waals surface area contributed by atoms with Crippen molar-refractivity contribution in [2.75, 3.05) is 12.3 Å². The Kier molecular flexibility index (Phi) is 4.07. The maximum absolute atomic E-state index is 12.1. The van der Waals surface area contributed by atoms with Crippen LogP contribution in [0.2, 0.25) is 0 Å². The van der Waals surface area contributed by atoms with Gasteiger partial charge in [0.15, 0.2) is 0 Å². The Labute approximate surface area is 107 Å². The number of hydrogen-bond acceptors (Lipinski definition) is 4. The summed E-state index contributed by atoms with van der Waals surface area (Å²) in [6.07, 6.45) is 4.18. The summed E-state index contributed by atoms with van der Waals surface area (Å²) < 4.78 is 10.9. The van der Waals surface area contributed by atoms with Crippen LogP contribution in [0.4, 0.5) is 5.69 Å². The van der Waals surface area contributed by atoms with Crippen molar-refractivity contribution in [2.45, 2.75) is 38.7 Å². The highest BCUT2D eigenvalue weighted by Gasteiger charge is 2.23. The summed E-state index contributed by atoms with van der Waals surface area (Å²) in [5.74, 6) is 0.129. The summed E-state index contributed by atoms with van der Waals surface area (Å²) in [6.45, 7) is 2.36. The second-order valence-electron chi connectivity index (χ2n) is 4.47. The Morgan fingerprint density at radius 3 is 2.78 bits per heavy atom. The predicted molar refractivity (Wildman–Crippen MR) is 69.7 cm³/mol. The van der Waals surface area contributed by atoms with Gasteiger partial charge in [0, 0.05) is 5.69 Å². The number of hydrogen-bond donors (Lipinski definition) is 1. The zero-order chi connectivity index (χ0) is 13.0. The van der Waals surface area contributed by atoms with Crippen LogP contribution in [0.15, 0.2) is 18.2 Å². The van der Waals surface area contributed by atoms with E-state index in [1.165, 1.54) is 0 Å². The molecule has 1 fully saturated rings. The van der Waals surface area contributed by atoms with Crippen molar-refractivity contribution in [1.82, 2.24) is 0 Å². The molecule has 0 radical (unpaired) electrons. The Balaban J connectivity index is 2.17. The number of carbonyl (C=O) groups excluding carboxylic acids is 1. The number of anilines is 1. The highest BCUT2D eigenvalue weighted by molar-refractivity contribution is 5.98. The molecule has 0 aromatic heterocycles. The number of rotatable bonds is 4. The van der Waals surface area contributed by atoms with Gasteiger partial charge in [0.25, 0.3) is 0 Å². The molecule has 0 unspecified atom stereocenters. The SMILES string of the molecule is CCOc1cccc(N)c1C(=O)OC1CCCC1. The lowest BCUT2D eigenvalue weighted by molar-refractivity contribution is 0.0315. The summed E-state index contributed by atoms with van der Waals surface area (Å²) >= 11 is 0. The molecule has 4 nitrogen and oxygen atoms in total. The fraction of sp³-hybridized carbons (Fsp3) is 0.500. The van der Waals surface area contributed by atoms with Crippen LogP contribution >= 0.6 is 0 Å². The second-order valence-corrected chi connectivity index (χ2v) is 4.47. The minimum absolute atomic E-state index is 0.0339. The summed E-state index contributed by atoms with van der Waals surface area (Å²) in [6, 6.07) is 5.20. The molecule has 1 aromatic rings. The van der Waals surface area contributed by atoms with E-state index in [0.717, 1.165) is 25.7 Å². The molecular weight excluding hydrogens is 230 g/mol. The van der Waals surface area contributed by atoms with Crippen LogP contribution in [-0.2, 0) is 4.74 Å². The Morgan fingerprint density at radius 1 is 1.39 bits per heavy atom. The molecule has 0 amide bonds. The fourth-order valence-corrected chi connectivity index (χ4v) is 2.26. The van der Waals surface area contributed by atoms with Gasteiger partial charge in [0.05, 0.1) is 6.61 Å². The molecule has 0 heterocycles. The fourth-order valence-electron chi connectivity index (χ4n) is 2.26. The number of ether oxygens (including phenoxy) is 2. The van der Waals surface area contributed by atoms with Crippen molar-refractivity contribution in [2.24, 2.45) is 0 Å². The molecule has 1 aromatic carbocycles. The van der Waals surface area contributed by atoms with E-state index in [0.29, 0.717) is 23.6 Å². The van der Waals surface area contributed by atoms with Crippen molar-refractivity contribution in [3.63, 3.8) is 0 Å². The standard InChI is InChI=1S/C14H19NO3/c1-2-17-12-9-5-8-11(15)13(12)14(16)18-10-6-3-4-7-10/h5,8-10H,2-4,6-7,15H2,1H3. The van der Waals surface area contributed by atoms with Gasteiger partial charge in [0.1, 0.15) is 17.4 Å². The average molecular weight is 249 g/mol. The van der Waals surface area contributed by atoms with Gasteiger partial charge in [-0.15, -0.1) is 0 Å². The molecule has 1 saturated carbocycles. The normalized spacial score (nSPS) is 15.6.